The first kappa shape index (κ1) is 36.7. The highest BCUT2D eigenvalue weighted by molar-refractivity contribution is 5.87. The molecule has 2 saturated heterocycles. The minimum absolute atomic E-state index is 0.0194. The molecule has 0 aromatic heterocycles. The van der Waals surface area contributed by atoms with Gasteiger partial charge in [0, 0.05) is 32.7 Å². The number of allylic oxidation sites excluding steroid dienone is 1. The van der Waals surface area contributed by atoms with E-state index in [2.05, 4.69) is 10.6 Å². The number of carbonyl (C=O) groups is 2. The molecule has 244 valence electrons. The maximum atomic E-state index is 11.9. The van der Waals surface area contributed by atoms with Crippen molar-refractivity contribution in [2.45, 2.75) is 141 Å². The molecule has 0 aromatic carbocycles. The van der Waals surface area contributed by atoms with Gasteiger partial charge in [0.15, 0.2) is 0 Å². The summed E-state index contributed by atoms with van der Waals surface area (Å²) in [5.41, 5.74) is 0. The van der Waals surface area contributed by atoms with Gasteiger partial charge < -0.3 is 29.6 Å². The third kappa shape index (κ3) is 26.2. The molecule has 2 rings (SSSR count). The molecule has 2 N–H and O–H groups in total. The van der Waals surface area contributed by atoms with Gasteiger partial charge in [-0.25, -0.2) is 0 Å². The highest BCUT2D eigenvalue weighted by Gasteiger charge is 2.22. The lowest BCUT2D eigenvalue weighted by atomic mass is 10.0. The van der Waals surface area contributed by atoms with Gasteiger partial charge in [0.1, 0.15) is 12.2 Å². The molecular weight excluding hydrogens is 532 g/mol. The van der Waals surface area contributed by atoms with E-state index in [1.807, 2.05) is 6.08 Å². The summed E-state index contributed by atoms with van der Waals surface area (Å²) < 4.78 is 21.2. The first-order chi connectivity index (χ1) is 20.7. The number of unbranched alkanes of at least 4 members (excludes halogenated alkanes) is 16. The van der Waals surface area contributed by atoms with Crippen LogP contribution in [-0.2, 0) is 28.5 Å². The predicted octanol–water partition coefficient (Wildman–Crippen LogP) is 6.41. The molecule has 2 unspecified atom stereocenters. The number of epoxide rings is 2. The van der Waals surface area contributed by atoms with E-state index in [0.29, 0.717) is 38.4 Å². The maximum Gasteiger partial charge on any atom is 0.243 e. The van der Waals surface area contributed by atoms with Gasteiger partial charge in [0.05, 0.1) is 26.4 Å². The van der Waals surface area contributed by atoms with E-state index in [1.165, 1.54) is 83.5 Å². The van der Waals surface area contributed by atoms with Crippen LogP contribution in [0.25, 0.3) is 0 Å². The summed E-state index contributed by atoms with van der Waals surface area (Å²) in [6.07, 6.45) is 27.8. The lowest BCUT2D eigenvalue weighted by Crippen LogP contribution is -2.24. The molecule has 2 aliphatic rings. The summed E-state index contributed by atoms with van der Waals surface area (Å²) in [5, 5.41) is 5.97. The summed E-state index contributed by atoms with van der Waals surface area (Å²) in [7, 11) is 0. The summed E-state index contributed by atoms with van der Waals surface area (Å²) in [5.74, 6) is 0.217. The van der Waals surface area contributed by atoms with Gasteiger partial charge >= 0.3 is 0 Å². The van der Waals surface area contributed by atoms with Crippen molar-refractivity contribution >= 4 is 11.8 Å². The topological polar surface area (TPSA) is 102 Å². The second-order valence-corrected chi connectivity index (χ2v) is 12.0. The molecule has 2 amide bonds. The van der Waals surface area contributed by atoms with Crippen LogP contribution in [0.2, 0.25) is 0 Å². The Morgan fingerprint density at radius 3 is 1.55 bits per heavy atom. The van der Waals surface area contributed by atoms with Crippen molar-refractivity contribution in [3.63, 3.8) is 0 Å². The zero-order valence-corrected chi connectivity index (χ0v) is 26.6. The van der Waals surface area contributed by atoms with Crippen LogP contribution in [-0.4, -0.2) is 76.8 Å². The number of hydrogen-bond acceptors (Lipinski definition) is 6. The SMILES string of the molecule is O=C(C=CCCCCCCCCCCCCCCCCC(=O)NCCCCOCC1CO1)NCCCCOCC1CO1. The van der Waals surface area contributed by atoms with Crippen molar-refractivity contribution in [3.05, 3.63) is 12.2 Å². The van der Waals surface area contributed by atoms with E-state index in [1.54, 1.807) is 6.08 Å². The predicted molar refractivity (Wildman–Crippen MR) is 169 cm³/mol. The van der Waals surface area contributed by atoms with Crippen LogP contribution in [0, 0.1) is 0 Å². The van der Waals surface area contributed by atoms with Crippen LogP contribution in [0.5, 0.6) is 0 Å². The van der Waals surface area contributed by atoms with Crippen molar-refractivity contribution in [2.24, 2.45) is 0 Å². The number of hydrogen-bond donors (Lipinski definition) is 2. The summed E-state index contributed by atoms with van der Waals surface area (Å²) >= 11 is 0. The minimum Gasteiger partial charge on any atom is -0.379 e. The summed E-state index contributed by atoms with van der Waals surface area (Å²) in [6, 6.07) is 0. The van der Waals surface area contributed by atoms with E-state index >= 15 is 0 Å². The molecule has 8 nitrogen and oxygen atoms in total. The Labute approximate surface area is 256 Å². The molecule has 2 fully saturated rings. The standard InChI is InChI=1S/C34H62N2O6/c37-33(35-23-17-19-25-39-27-31-29-41-31)21-15-13-11-9-7-5-3-1-2-4-6-8-10-12-14-16-22-34(38)36-24-18-20-26-40-28-32-30-42-32/h15,21,31-32H,1-14,16-20,22-30H2,(H,35,37)(H,36,38). The van der Waals surface area contributed by atoms with E-state index < -0.39 is 0 Å². The van der Waals surface area contributed by atoms with E-state index in [-0.39, 0.29) is 11.8 Å². The Kier molecular flexibility index (Phi) is 23.7. The Bertz CT molecular complexity index is 681. The van der Waals surface area contributed by atoms with Gasteiger partial charge in [-0.15, -0.1) is 0 Å². The summed E-state index contributed by atoms with van der Waals surface area (Å²) in [4.78, 5) is 23.7. The maximum absolute atomic E-state index is 11.9. The highest BCUT2D eigenvalue weighted by atomic mass is 16.6. The average molecular weight is 595 g/mol. The Morgan fingerprint density at radius 2 is 1.05 bits per heavy atom. The quantitative estimate of drug-likeness (QED) is 0.0530. The van der Waals surface area contributed by atoms with Crippen molar-refractivity contribution in [1.29, 1.82) is 0 Å². The first-order valence-corrected chi connectivity index (χ1v) is 17.3. The number of amides is 2. The van der Waals surface area contributed by atoms with Crippen molar-refractivity contribution in [1.82, 2.24) is 10.6 Å². The fourth-order valence-corrected chi connectivity index (χ4v) is 4.86. The Morgan fingerprint density at radius 1 is 0.595 bits per heavy atom. The fraction of sp³-hybridized carbons (Fsp3) is 0.882. The van der Waals surface area contributed by atoms with Crippen molar-refractivity contribution in [3.8, 4) is 0 Å². The number of nitrogens with one attached hydrogen (secondary N) is 2. The fourth-order valence-electron chi connectivity index (χ4n) is 4.86. The second-order valence-electron chi connectivity index (χ2n) is 12.0. The normalized spacial score (nSPS) is 17.5. The molecule has 42 heavy (non-hydrogen) atoms. The third-order valence-corrected chi connectivity index (χ3v) is 7.76. The largest absolute Gasteiger partial charge is 0.379 e. The van der Waals surface area contributed by atoms with Crippen molar-refractivity contribution < 1.29 is 28.5 Å². The van der Waals surface area contributed by atoms with Crippen LogP contribution in [0.1, 0.15) is 128 Å². The molecule has 0 saturated carbocycles. The summed E-state index contributed by atoms with van der Waals surface area (Å²) in [6.45, 7) is 6.08. The lowest BCUT2D eigenvalue weighted by molar-refractivity contribution is -0.121. The molecule has 0 aliphatic carbocycles. The molecule has 0 bridgehead atoms. The smallest absolute Gasteiger partial charge is 0.243 e. The van der Waals surface area contributed by atoms with E-state index in [0.717, 1.165) is 71.5 Å². The van der Waals surface area contributed by atoms with E-state index in [9.17, 15) is 9.59 Å². The number of carbonyl (C=O) groups excluding carboxylic acids is 2. The second kappa shape index (κ2) is 27.1. The van der Waals surface area contributed by atoms with Gasteiger partial charge in [-0.2, -0.15) is 0 Å². The highest BCUT2D eigenvalue weighted by Crippen LogP contribution is 2.14. The molecule has 8 heteroatoms. The van der Waals surface area contributed by atoms with Crippen LogP contribution < -0.4 is 10.6 Å². The van der Waals surface area contributed by atoms with E-state index in [4.69, 9.17) is 18.9 Å². The van der Waals surface area contributed by atoms with Gasteiger partial charge in [-0.1, -0.05) is 83.1 Å². The molecule has 0 spiro atoms. The molecule has 2 aliphatic heterocycles. The molecule has 2 atom stereocenters. The molecular formula is C34H62N2O6. The molecule has 0 radical (unpaired) electrons. The van der Waals surface area contributed by atoms with Gasteiger partial charge in [-0.3, -0.25) is 9.59 Å². The van der Waals surface area contributed by atoms with Crippen molar-refractivity contribution in [2.75, 3.05) is 52.7 Å². The van der Waals surface area contributed by atoms with Crippen LogP contribution in [0.3, 0.4) is 0 Å². The van der Waals surface area contributed by atoms with Gasteiger partial charge in [-0.05, 0) is 51.0 Å². The van der Waals surface area contributed by atoms with Gasteiger partial charge in [0.25, 0.3) is 0 Å². The Hall–Kier alpha value is -1.48. The molecule has 0 aromatic rings. The van der Waals surface area contributed by atoms with Crippen LogP contribution in [0.4, 0.5) is 0 Å². The van der Waals surface area contributed by atoms with Crippen LogP contribution >= 0.6 is 0 Å². The number of rotatable bonds is 32. The third-order valence-electron chi connectivity index (χ3n) is 7.76. The Balaban J connectivity index is 1.18. The van der Waals surface area contributed by atoms with Crippen LogP contribution in [0.15, 0.2) is 12.2 Å². The zero-order valence-electron chi connectivity index (χ0n) is 26.6. The average Bonchev–Trinajstić information content (AvgIpc) is 3.92. The monoisotopic (exact) mass is 594 g/mol. The zero-order chi connectivity index (χ0) is 29.8. The minimum atomic E-state index is 0.0194. The first-order valence-electron chi connectivity index (χ1n) is 17.3. The van der Waals surface area contributed by atoms with Gasteiger partial charge in [0.2, 0.25) is 11.8 Å². The number of ether oxygens (including phenoxy) is 4. The molecule has 2 heterocycles. The lowest BCUT2D eigenvalue weighted by Gasteiger charge is -2.06.